The Morgan fingerprint density at radius 1 is 1.19 bits per heavy atom. The number of aryl methyl sites for hydroxylation is 1. The number of rotatable bonds is 4. The van der Waals surface area contributed by atoms with Crippen molar-refractivity contribution in [3.63, 3.8) is 0 Å². The molecule has 0 saturated carbocycles. The van der Waals surface area contributed by atoms with Crippen molar-refractivity contribution in [3.05, 3.63) is 29.8 Å². The van der Waals surface area contributed by atoms with Crippen LogP contribution in [-0.2, 0) is 4.79 Å². The molecule has 8 heteroatoms. The zero-order chi connectivity index (χ0) is 15.4. The molecule has 21 heavy (non-hydrogen) atoms. The number of carbonyl (C=O) groups is 1. The Labute approximate surface area is 126 Å². The number of benzene rings is 1. The second-order valence-electron chi connectivity index (χ2n) is 4.41. The SMILES string of the molecule is Cc1cc(N)ccc1NC(=O)CSc1nc(N)cc(N)n1. The number of aromatic nitrogens is 2. The summed E-state index contributed by atoms with van der Waals surface area (Å²) < 4.78 is 0. The highest BCUT2D eigenvalue weighted by atomic mass is 32.2. The molecule has 1 aromatic carbocycles. The molecule has 0 aliphatic carbocycles. The van der Waals surface area contributed by atoms with Gasteiger partial charge in [0.05, 0.1) is 5.75 Å². The van der Waals surface area contributed by atoms with E-state index in [2.05, 4.69) is 15.3 Å². The Hall–Kier alpha value is -2.48. The van der Waals surface area contributed by atoms with Gasteiger partial charge in [0.2, 0.25) is 5.91 Å². The Kier molecular flexibility index (Phi) is 4.49. The van der Waals surface area contributed by atoms with E-state index in [1.54, 1.807) is 18.2 Å². The van der Waals surface area contributed by atoms with Crippen LogP contribution in [-0.4, -0.2) is 21.6 Å². The molecular formula is C13H16N6OS. The van der Waals surface area contributed by atoms with Crippen LogP contribution in [0.15, 0.2) is 29.4 Å². The standard InChI is InChI=1S/C13H16N6OS/c1-7-4-8(14)2-3-9(7)17-12(20)6-21-13-18-10(15)5-11(16)19-13/h2-5H,6,14H2,1H3,(H,17,20)(H4,15,16,18,19). The number of nitrogens with two attached hydrogens (primary N) is 3. The van der Waals surface area contributed by atoms with E-state index < -0.39 is 0 Å². The molecule has 0 bridgehead atoms. The van der Waals surface area contributed by atoms with Gasteiger partial charge in [-0.3, -0.25) is 4.79 Å². The van der Waals surface area contributed by atoms with Crippen molar-refractivity contribution in [3.8, 4) is 0 Å². The van der Waals surface area contributed by atoms with E-state index in [4.69, 9.17) is 17.2 Å². The van der Waals surface area contributed by atoms with Crippen molar-refractivity contribution in [1.29, 1.82) is 0 Å². The molecule has 2 aromatic rings. The number of thioether (sulfide) groups is 1. The molecule has 0 saturated heterocycles. The molecule has 7 nitrogen and oxygen atoms in total. The van der Waals surface area contributed by atoms with Crippen molar-refractivity contribution >= 4 is 40.7 Å². The maximum Gasteiger partial charge on any atom is 0.234 e. The lowest BCUT2D eigenvalue weighted by Crippen LogP contribution is -2.15. The number of anilines is 4. The first kappa shape index (κ1) is 14.9. The van der Waals surface area contributed by atoms with Crippen LogP contribution in [0.1, 0.15) is 5.56 Å². The van der Waals surface area contributed by atoms with Crippen LogP contribution < -0.4 is 22.5 Å². The van der Waals surface area contributed by atoms with E-state index in [0.29, 0.717) is 10.8 Å². The van der Waals surface area contributed by atoms with Crippen molar-refractivity contribution in [2.45, 2.75) is 12.1 Å². The zero-order valence-corrected chi connectivity index (χ0v) is 12.3. The minimum atomic E-state index is -0.169. The summed E-state index contributed by atoms with van der Waals surface area (Å²) in [7, 11) is 0. The fraction of sp³-hybridized carbons (Fsp3) is 0.154. The van der Waals surface area contributed by atoms with Crippen molar-refractivity contribution in [1.82, 2.24) is 9.97 Å². The predicted molar refractivity (Wildman–Crippen MR) is 85.8 cm³/mol. The molecule has 0 atom stereocenters. The number of hydrogen-bond acceptors (Lipinski definition) is 7. The smallest absolute Gasteiger partial charge is 0.234 e. The van der Waals surface area contributed by atoms with Gasteiger partial charge in [0.15, 0.2) is 5.16 Å². The molecule has 110 valence electrons. The highest BCUT2D eigenvalue weighted by molar-refractivity contribution is 7.99. The Morgan fingerprint density at radius 2 is 1.86 bits per heavy atom. The van der Waals surface area contributed by atoms with Crippen LogP contribution in [0.5, 0.6) is 0 Å². The lowest BCUT2D eigenvalue weighted by atomic mass is 10.2. The first-order valence-corrected chi connectivity index (χ1v) is 7.11. The summed E-state index contributed by atoms with van der Waals surface area (Å²) in [4.78, 5) is 19.9. The van der Waals surface area contributed by atoms with Crippen LogP contribution in [0.4, 0.5) is 23.0 Å². The zero-order valence-electron chi connectivity index (χ0n) is 11.5. The maximum atomic E-state index is 11.9. The molecule has 7 N–H and O–H groups in total. The summed E-state index contributed by atoms with van der Waals surface area (Å²) in [6, 6.07) is 6.76. The fourth-order valence-electron chi connectivity index (χ4n) is 1.67. The maximum absolute atomic E-state index is 11.9. The minimum Gasteiger partial charge on any atom is -0.399 e. The normalized spacial score (nSPS) is 10.3. The van der Waals surface area contributed by atoms with Crippen molar-refractivity contribution < 1.29 is 4.79 Å². The van der Waals surface area contributed by atoms with Gasteiger partial charge in [0.1, 0.15) is 11.6 Å². The van der Waals surface area contributed by atoms with E-state index in [1.807, 2.05) is 6.92 Å². The number of hydrogen-bond donors (Lipinski definition) is 4. The van der Waals surface area contributed by atoms with E-state index in [9.17, 15) is 4.79 Å². The second kappa shape index (κ2) is 6.31. The minimum absolute atomic E-state index is 0.159. The monoisotopic (exact) mass is 304 g/mol. The molecule has 0 spiro atoms. The fourth-order valence-corrected chi connectivity index (χ4v) is 2.34. The Bertz CT molecular complexity index is 655. The van der Waals surface area contributed by atoms with E-state index >= 15 is 0 Å². The molecule has 0 aliphatic heterocycles. The highest BCUT2D eigenvalue weighted by Gasteiger charge is 2.08. The van der Waals surface area contributed by atoms with Gasteiger partial charge in [-0.05, 0) is 30.7 Å². The van der Waals surface area contributed by atoms with E-state index in [0.717, 1.165) is 11.3 Å². The molecule has 1 heterocycles. The van der Waals surface area contributed by atoms with Gasteiger partial charge in [-0.25, -0.2) is 9.97 Å². The third-order valence-electron chi connectivity index (χ3n) is 2.60. The van der Waals surface area contributed by atoms with Gasteiger partial charge < -0.3 is 22.5 Å². The van der Waals surface area contributed by atoms with Gasteiger partial charge in [-0.2, -0.15) is 0 Å². The first-order chi connectivity index (χ1) is 9.94. The topological polar surface area (TPSA) is 133 Å². The van der Waals surface area contributed by atoms with Crippen LogP contribution in [0.3, 0.4) is 0 Å². The quantitative estimate of drug-likeness (QED) is 0.379. The Balaban J connectivity index is 1.95. The number of carbonyl (C=O) groups excluding carboxylic acids is 1. The summed E-state index contributed by atoms with van der Waals surface area (Å²) >= 11 is 1.17. The van der Waals surface area contributed by atoms with Gasteiger partial charge >= 0.3 is 0 Å². The Morgan fingerprint density at radius 3 is 2.48 bits per heavy atom. The molecule has 0 fully saturated rings. The van der Waals surface area contributed by atoms with Crippen LogP contribution in [0.25, 0.3) is 0 Å². The van der Waals surface area contributed by atoms with Crippen molar-refractivity contribution in [2.24, 2.45) is 0 Å². The number of nitrogens with zero attached hydrogens (tertiary/aromatic N) is 2. The number of nitrogens with one attached hydrogen (secondary N) is 1. The predicted octanol–water partition coefficient (Wildman–Crippen LogP) is 1.26. The van der Waals surface area contributed by atoms with Gasteiger partial charge in [-0.1, -0.05) is 11.8 Å². The molecule has 0 unspecified atom stereocenters. The molecule has 1 amide bonds. The van der Waals surface area contributed by atoms with E-state index in [-0.39, 0.29) is 23.3 Å². The number of amides is 1. The van der Waals surface area contributed by atoms with Crippen LogP contribution in [0, 0.1) is 6.92 Å². The third kappa shape index (κ3) is 4.25. The summed E-state index contributed by atoms with van der Waals surface area (Å²) in [5.74, 6) is 0.546. The average molecular weight is 304 g/mol. The molecule has 0 radical (unpaired) electrons. The summed E-state index contributed by atoms with van der Waals surface area (Å²) in [5.41, 5.74) is 19.1. The lowest BCUT2D eigenvalue weighted by Gasteiger charge is -2.08. The highest BCUT2D eigenvalue weighted by Crippen LogP contribution is 2.19. The van der Waals surface area contributed by atoms with E-state index in [1.165, 1.54) is 17.8 Å². The molecule has 0 aliphatic rings. The molecule has 2 rings (SSSR count). The second-order valence-corrected chi connectivity index (χ2v) is 5.35. The largest absolute Gasteiger partial charge is 0.399 e. The lowest BCUT2D eigenvalue weighted by molar-refractivity contribution is -0.113. The van der Waals surface area contributed by atoms with Gasteiger partial charge in [0, 0.05) is 17.4 Å². The molecular weight excluding hydrogens is 288 g/mol. The first-order valence-electron chi connectivity index (χ1n) is 6.13. The van der Waals surface area contributed by atoms with Crippen LogP contribution >= 0.6 is 11.8 Å². The average Bonchev–Trinajstić information content (AvgIpc) is 2.39. The summed E-state index contributed by atoms with van der Waals surface area (Å²) in [6.45, 7) is 1.88. The summed E-state index contributed by atoms with van der Waals surface area (Å²) in [6.07, 6.45) is 0. The van der Waals surface area contributed by atoms with Gasteiger partial charge in [-0.15, -0.1) is 0 Å². The molecule has 1 aromatic heterocycles. The van der Waals surface area contributed by atoms with Crippen LogP contribution in [0.2, 0.25) is 0 Å². The van der Waals surface area contributed by atoms with Crippen molar-refractivity contribution in [2.75, 3.05) is 28.3 Å². The summed E-state index contributed by atoms with van der Waals surface area (Å²) in [5, 5.41) is 3.18. The third-order valence-corrected chi connectivity index (χ3v) is 3.45. The number of nitrogen functional groups attached to an aromatic ring is 3. The van der Waals surface area contributed by atoms with Gasteiger partial charge in [0.25, 0.3) is 0 Å².